The van der Waals surface area contributed by atoms with Gasteiger partial charge in [0.25, 0.3) is 0 Å². The van der Waals surface area contributed by atoms with E-state index < -0.39 is 0 Å². The van der Waals surface area contributed by atoms with Crippen LogP contribution >= 0.6 is 0 Å². The van der Waals surface area contributed by atoms with E-state index >= 15 is 0 Å². The Morgan fingerprint density at radius 1 is 0.812 bits per heavy atom. The molecule has 2 N–H and O–H groups in total. The quantitative estimate of drug-likeness (QED) is 0.426. The van der Waals surface area contributed by atoms with Crippen LogP contribution in [0, 0.1) is 0 Å². The Balaban J connectivity index is 1.48. The zero-order valence-electron chi connectivity index (χ0n) is 16.9. The highest BCUT2D eigenvalue weighted by atomic mass is 16.3. The van der Waals surface area contributed by atoms with Gasteiger partial charge in [-0.1, -0.05) is 12.1 Å². The van der Waals surface area contributed by atoms with E-state index in [1.165, 1.54) is 0 Å². The number of urea groups is 1. The Morgan fingerprint density at radius 3 is 2.16 bits per heavy atom. The minimum atomic E-state index is -0.344. The third-order valence-corrected chi connectivity index (χ3v) is 4.74. The number of fused-ring (bicyclic) bond motifs is 1. The fourth-order valence-corrected chi connectivity index (χ4v) is 3.25. The topological polar surface area (TPSA) is 106 Å². The van der Waals surface area contributed by atoms with Gasteiger partial charge in [0, 0.05) is 18.1 Å². The molecule has 0 unspecified atom stereocenters. The van der Waals surface area contributed by atoms with Gasteiger partial charge in [0.05, 0.1) is 35.2 Å². The lowest BCUT2D eigenvalue weighted by Gasteiger charge is -2.11. The number of rotatable bonds is 5. The average Bonchev–Trinajstić information content (AvgIpc) is 3.37. The molecule has 0 spiro atoms. The summed E-state index contributed by atoms with van der Waals surface area (Å²) in [5.74, 6) is 0.673. The van der Waals surface area contributed by atoms with E-state index in [1.807, 2.05) is 42.5 Å². The molecule has 0 fully saturated rings. The van der Waals surface area contributed by atoms with Crippen LogP contribution in [0.15, 0.2) is 89.8 Å². The van der Waals surface area contributed by atoms with Crippen molar-refractivity contribution in [3.8, 4) is 22.8 Å². The predicted octanol–water partition coefficient (Wildman–Crippen LogP) is 4.67. The molecule has 8 nitrogen and oxygen atoms in total. The summed E-state index contributed by atoms with van der Waals surface area (Å²) in [6.45, 7) is 0.295. The molecule has 0 saturated heterocycles. The van der Waals surface area contributed by atoms with Gasteiger partial charge in [-0.2, -0.15) is 0 Å². The molecule has 0 aliphatic heterocycles. The molecule has 1 aromatic carbocycles. The first-order valence-corrected chi connectivity index (χ1v) is 9.98. The number of carbonyl (C=O) groups excluding carboxylic acids is 1. The van der Waals surface area contributed by atoms with Crippen molar-refractivity contribution in [2.24, 2.45) is 0 Å². The van der Waals surface area contributed by atoms with Crippen LogP contribution < -0.4 is 10.6 Å². The van der Waals surface area contributed by atoms with Crippen molar-refractivity contribution in [1.29, 1.82) is 0 Å². The zero-order valence-corrected chi connectivity index (χ0v) is 16.9. The summed E-state index contributed by atoms with van der Waals surface area (Å²) in [4.78, 5) is 30.8. The molecule has 0 aliphatic carbocycles. The van der Waals surface area contributed by atoms with Crippen molar-refractivity contribution in [2.75, 3.05) is 5.32 Å². The van der Waals surface area contributed by atoms with Crippen molar-refractivity contribution in [3.63, 3.8) is 0 Å². The predicted molar refractivity (Wildman–Crippen MR) is 121 cm³/mol. The van der Waals surface area contributed by atoms with Gasteiger partial charge in [-0.3, -0.25) is 9.97 Å². The number of hydrogen-bond donors (Lipinski definition) is 2. The SMILES string of the molecule is O=C(NCc1ccco1)Nc1ccc2nc(-c3ccccn3)c(-c3ccccn3)nc2c1. The number of nitrogens with zero attached hydrogens (tertiary/aromatic N) is 4. The number of hydrogen-bond acceptors (Lipinski definition) is 6. The molecule has 156 valence electrons. The maximum Gasteiger partial charge on any atom is 0.319 e. The summed E-state index contributed by atoms with van der Waals surface area (Å²) in [5.41, 5.74) is 4.59. The number of benzene rings is 1. The van der Waals surface area contributed by atoms with Gasteiger partial charge in [-0.05, 0) is 54.6 Å². The van der Waals surface area contributed by atoms with E-state index in [4.69, 9.17) is 14.4 Å². The van der Waals surface area contributed by atoms with Gasteiger partial charge >= 0.3 is 6.03 Å². The highest BCUT2D eigenvalue weighted by molar-refractivity contribution is 5.93. The summed E-state index contributed by atoms with van der Waals surface area (Å²) in [5, 5.41) is 5.57. The largest absolute Gasteiger partial charge is 0.467 e. The van der Waals surface area contributed by atoms with Crippen LogP contribution in [0.1, 0.15) is 5.76 Å². The third-order valence-electron chi connectivity index (χ3n) is 4.74. The maximum atomic E-state index is 12.3. The lowest BCUT2D eigenvalue weighted by atomic mass is 10.1. The zero-order chi connectivity index (χ0) is 21.8. The molecule has 0 aliphatic rings. The molecule has 4 heterocycles. The average molecular weight is 422 g/mol. The van der Waals surface area contributed by atoms with E-state index in [0.717, 1.165) is 0 Å². The van der Waals surface area contributed by atoms with E-state index in [0.29, 0.717) is 51.8 Å². The van der Waals surface area contributed by atoms with Crippen molar-refractivity contribution in [2.45, 2.75) is 6.54 Å². The monoisotopic (exact) mass is 422 g/mol. The highest BCUT2D eigenvalue weighted by Gasteiger charge is 2.15. The fraction of sp³-hybridized carbons (Fsp3) is 0.0417. The number of furan rings is 1. The third kappa shape index (κ3) is 4.15. The molecule has 5 aromatic rings. The number of anilines is 1. The Kier molecular flexibility index (Phi) is 5.24. The summed E-state index contributed by atoms with van der Waals surface area (Å²) >= 11 is 0. The molecular weight excluding hydrogens is 404 g/mol. The number of nitrogens with one attached hydrogen (secondary N) is 2. The first kappa shape index (κ1) is 19.4. The normalized spacial score (nSPS) is 10.8. The summed E-state index contributed by atoms with van der Waals surface area (Å²) in [6.07, 6.45) is 5.00. The second-order valence-electron chi connectivity index (χ2n) is 6.94. The Labute approximate surface area is 183 Å². The highest BCUT2D eigenvalue weighted by Crippen LogP contribution is 2.29. The molecule has 0 atom stereocenters. The molecular formula is C24H18N6O2. The second kappa shape index (κ2) is 8.65. The minimum Gasteiger partial charge on any atom is -0.467 e. The minimum absolute atomic E-state index is 0.295. The van der Waals surface area contributed by atoms with Gasteiger partial charge < -0.3 is 15.1 Å². The number of aromatic nitrogens is 4. The standard InChI is InChI=1S/C24H18N6O2/c31-24(27-15-17-6-5-13-32-17)28-16-9-10-18-21(14-16)30-23(20-8-2-4-12-26-20)22(29-18)19-7-1-3-11-25-19/h1-14H,15H2,(H2,27,28,31). The van der Waals surface area contributed by atoms with Gasteiger partial charge in [0.1, 0.15) is 17.1 Å². The molecule has 32 heavy (non-hydrogen) atoms. The Bertz CT molecular complexity index is 1360. The maximum absolute atomic E-state index is 12.3. The molecule has 8 heteroatoms. The molecule has 0 radical (unpaired) electrons. The number of carbonyl (C=O) groups is 1. The first-order valence-electron chi connectivity index (χ1n) is 9.98. The summed E-state index contributed by atoms with van der Waals surface area (Å²) in [6, 6.07) is 19.9. The lowest BCUT2D eigenvalue weighted by Crippen LogP contribution is -2.27. The molecule has 2 amide bonds. The van der Waals surface area contributed by atoms with Crippen molar-refractivity contribution >= 4 is 22.8 Å². The van der Waals surface area contributed by atoms with Crippen LogP contribution in [0.25, 0.3) is 33.8 Å². The van der Waals surface area contributed by atoms with Crippen LogP contribution in [0.2, 0.25) is 0 Å². The molecule has 0 saturated carbocycles. The fourth-order valence-electron chi connectivity index (χ4n) is 3.25. The van der Waals surface area contributed by atoms with Crippen molar-refractivity contribution in [3.05, 3.63) is 91.1 Å². The van der Waals surface area contributed by atoms with Crippen molar-refractivity contribution in [1.82, 2.24) is 25.3 Å². The Morgan fingerprint density at radius 2 is 1.53 bits per heavy atom. The summed E-state index contributed by atoms with van der Waals surface area (Å²) < 4.78 is 5.22. The molecule has 4 aromatic heterocycles. The van der Waals surface area contributed by atoms with Crippen LogP contribution in [-0.4, -0.2) is 26.0 Å². The van der Waals surface area contributed by atoms with Crippen LogP contribution in [0.4, 0.5) is 10.5 Å². The van der Waals surface area contributed by atoms with Crippen molar-refractivity contribution < 1.29 is 9.21 Å². The van der Waals surface area contributed by atoms with Gasteiger partial charge in [0.15, 0.2) is 0 Å². The molecule has 0 bridgehead atoms. The van der Waals surface area contributed by atoms with E-state index in [1.54, 1.807) is 42.9 Å². The van der Waals surface area contributed by atoms with Crippen LogP contribution in [0.5, 0.6) is 0 Å². The van der Waals surface area contributed by atoms with Gasteiger partial charge in [0.2, 0.25) is 0 Å². The van der Waals surface area contributed by atoms with E-state index in [2.05, 4.69) is 20.6 Å². The van der Waals surface area contributed by atoms with Gasteiger partial charge in [-0.15, -0.1) is 0 Å². The number of pyridine rings is 2. The van der Waals surface area contributed by atoms with Crippen LogP contribution in [-0.2, 0) is 6.54 Å². The van der Waals surface area contributed by atoms with E-state index in [-0.39, 0.29) is 6.03 Å². The Hall–Kier alpha value is -4.59. The van der Waals surface area contributed by atoms with Crippen LogP contribution in [0.3, 0.4) is 0 Å². The van der Waals surface area contributed by atoms with Gasteiger partial charge in [-0.25, -0.2) is 14.8 Å². The van der Waals surface area contributed by atoms with E-state index in [9.17, 15) is 4.79 Å². The summed E-state index contributed by atoms with van der Waals surface area (Å²) in [7, 11) is 0. The second-order valence-corrected chi connectivity index (χ2v) is 6.94. The lowest BCUT2D eigenvalue weighted by molar-refractivity contribution is 0.251. The smallest absolute Gasteiger partial charge is 0.319 e. The number of amides is 2. The first-order chi connectivity index (χ1) is 15.8. The molecule has 5 rings (SSSR count).